The van der Waals surface area contributed by atoms with Crippen LogP contribution in [0.2, 0.25) is 10.0 Å². The fourth-order valence-electron chi connectivity index (χ4n) is 3.09. The minimum Gasteiger partial charge on any atom is -0.301 e. The number of benzene rings is 1. The Balaban J connectivity index is 1.72. The van der Waals surface area contributed by atoms with Gasteiger partial charge in [0, 0.05) is 17.5 Å². The molecule has 2 aliphatic rings. The van der Waals surface area contributed by atoms with Crippen molar-refractivity contribution in [2.24, 2.45) is 4.99 Å². The topological polar surface area (TPSA) is 45.6 Å². The molecule has 0 unspecified atom stereocenters. The molecule has 0 spiro atoms. The normalized spacial score (nSPS) is 18.0. The van der Waals surface area contributed by atoms with Crippen LogP contribution in [0, 0.1) is 0 Å². The summed E-state index contributed by atoms with van der Waals surface area (Å²) in [6.45, 7) is 0.420. The average Bonchev–Trinajstić information content (AvgIpc) is 2.92. The van der Waals surface area contributed by atoms with Crippen LogP contribution in [0.5, 0.6) is 0 Å². The van der Waals surface area contributed by atoms with Crippen LogP contribution < -0.4 is 0 Å². The Labute approximate surface area is 161 Å². The van der Waals surface area contributed by atoms with Gasteiger partial charge < -0.3 is 4.90 Å². The van der Waals surface area contributed by atoms with Crippen molar-refractivity contribution in [3.63, 3.8) is 0 Å². The predicted molar refractivity (Wildman–Crippen MR) is 104 cm³/mol. The van der Waals surface area contributed by atoms with E-state index in [1.54, 1.807) is 29.3 Å². The van der Waals surface area contributed by atoms with Gasteiger partial charge in [-0.1, -0.05) is 41.4 Å². The van der Waals surface area contributed by atoms with Gasteiger partial charge in [0.1, 0.15) is 5.71 Å². The number of likely N-dealkylation sites (tertiary alicyclic amines) is 1. The van der Waals surface area contributed by atoms with Gasteiger partial charge in [-0.15, -0.1) is 0 Å². The third kappa shape index (κ3) is 3.18. The highest BCUT2D eigenvalue weighted by Crippen LogP contribution is 2.34. The summed E-state index contributed by atoms with van der Waals surface area (Å²) < 4.78 is 0. The first-order valence-corrected chi connectivity index (χ1v) is 9.05. The number of carbonyl (C=O) groups is 1. The Morgan fingerprint density at radius 1 is 1.08 bits per heavy atom. The van der Waals surface area contributed by atoms with Gasteiger partial charge in [-0.25, -0.2) is 4.99 Å². The molecule has 1 aliphatic heterocycles. The Bertz CT molecular complexity index is 964. The first-order valence-electron chi connectivity index (χ1n) is 8.30. The van der Waals surface area contributed by atoms with Gasteiger partial charge in [0.15, 0.2) is 0 Å². The monoisotopic (exact) mass is 383 g/mol. The zero-order chi connectivity index (χ0) is 18.1. The number of pyridine rings is 1. The van der Waals surface area contributed by atoms with E-state index in [1.165, 1.54) is 0 Å². The number of carbonyl (C=O) groups excluding carboxylic acids is 1. The molecule has 1 aliphatic carbocycles. The third-order valence-corrected chi connectivity index (χ3v) is 5.05. The summed E-state index contributed by atoms with van der Waals surface area (Å²) in [5.74, 6) is -0.124. The number of halogens is 2. The van der Waals surface area contributed by atoms with Crippen molar-refractivity contribution in [1.82, 2.24) is 9.88 Å². The highest BCUT2D eigenvalue weighted by molar-refractivity contribution is 6.50. The maximum Gasteiger partial charge on any atom is 0.277 e. The number of nitrogens with zero attached hydrogens (tertiary/aromatic N) is 3. The summed E-state index contributed by atoms with van der Waals surface area (Å²) in [4.78, 5) is 23.7. The lowest BCUT2D eigenvalue weighted by Crippen LogP contribution is -2.26. The first kappa shape index (κ1) is 17.0. The molecule has 0 bridgehead atoms. The SMILES string of the molecule is O=C1C(=Nc2ccc(Cl)c(Cl)c2)C2=CCCC=C2N1Cc1ccccn1. The zero-order valence-corrected chi connectivity index (χ0v) is 15.3. The third-order valence-electron chi connectivity index (χ3n) is 4.31. The van der Waals surface area contributed by atoms with Crippen LogP contribution in [-0.4, -0.2) is 21.5 Å². The van der Waals surface area contributed by atoms with E-state index in [0.717, 1.165) is 29.8 Å². The van der Waals surface area contributed by atoms with Gasteiger partial charge >= 0.3 is 0 Å². The van der Waals surface area contributed by atoms with Crippen LogP contribution in [0.25, 0.3) is 0 Å². The van der Waals surface area contributed by atoms with Gasteiger partial charge in [0.25, 0.3) is 5.91 Å². The Morgan fingerprint density at radius 3 is 2.69 bits per heavy atom. The fourth-order valence-corrected chi connectivity index (χ4v) is 3.38. The molecule has 0 radical (unpaired) electrons. The van der Waals surface area contributed by atoms with Crippen molar-refractivity contribution in [3.05, 3.63) is 81.8 Å². The molecule has 4 nitrogen and oxygen atoms in total. The van der Waals surface area contributed by atoms with E-state index in [-0.39, 0.29) is 5.91 Å². The number of amides is 1. The lowest BCUT2D eigenvalue weighted by molar-refractivity contribution is -0.121. The largest absolute Gasteiger partial charge is 0.301 e. The minimum absolute atomic E-state index is 0.124. The highest BCUT2D eigenvalue weighted by atomic mass is 35.5. The summed E-state index contributed by atoms with van der Waals surface area (Å²) in [6.07, 6.45) is 7.69. The smallest absolute Gasteiger partial charge is 0.277 e. The number of hydrogen-bond acceptors (Lipinski definition) is 3. The molecule has 130 valence electrons. The van der Waals surface area contributed by atoms with E-state index in [0.29, 0.717) is 28.0 Å². The summed E-state index contributed by atoms with van der Waals surface area (Å²) >= 11 is 12.0. The zero-order valence-electron chi connectivity index (χ0n) is 13.8. The molecular formula is C20H15Cl2N3O. The lowest BCUT2D eigenvalue weighted by Gasteiger charge is -2.18. The van der Waals surface area contributed by atoms with Gasteiger partial charge in [-0.3, -0.25) is 9.78 Å². The number of aliphatic imine (C=N–C) groups is 1. The molecule has 1 aromatic carbocycles. The molecule has 0 N–H and O–H groups in total. The van der Waals surface area contributed by atoms with Crippen LogP contribution >= 0.6 is 23.2 Å². The van der Waals surface area contributed by atoms with Crippen molar-refractivity contribution in [2.75, 3.05) is 0 Å². The molecule has 1 fully saturated rings. The lowest BCUT2D eigenvalue weighted by atomic mass is 10.0. The first-order chi connectivity index (χ1) is 12.6. The average molecular weight is 384 g/mol. The molecule has 1 amide bonds. The van der Waals surface area contributed by atoms with Gasteiger partial charge in [-0.05, 0) is 43.2 Å². The minimum atomic E-state index is -0.124. The van der Waals surface area contributed by atoms with Crippen molar-refractivity contribution < 1.29 is 4.79 Å². The van der Waals surface area contributed by atoms with Gasteiger partial charge in [0.05, 0.1) is 28.0 Å². The van der Waals surface area contributed by atoms with Crippen LogP contribution in [0.3, 0.4) is 0 Å². The Kier molecular flexibility index (Phi) is 4.62. The molecule has 26 heavy (non-hydrogen) atoms. The number of rotatable bonds is 3. The number of aromatic nitrogens is 1. The molecule has 1 aromatic heterocycles. The summed E-state index contributed by atoms with van der Waals surface area (Å²) in [7, 11) is 0. The maximum absolute atomic E-state index is 13.1. The van der Waals surface area contributed by atoms with E-state index >= 15 is 0 Å². The number of hydrogen-bond donors (Lipinski definition) is 0. The number of fused-ring (bicyclic) bond motifs is 1. The molecule has 4 rings (SSSR count). The van der Waals surface area contributed by atoms with Gasteiger partial charge in [0.2, 0.25) is 0 Å². The summed E-state index contributed by atoms with van der Waals surface area (Å²) in [6, 6.07) is 10.8. The van der Waals surface area contributed by atoms with Gasteiger partial charge in [-0.2, -0.15) is 0 Å². The van der Waals surface area contributed by atoms with E-state index in [2.05, 4.69) is 22.1 Å². The van der Waals surface area contributed by atoms with Crippen LogP contribution in [0.1, 0.15) is 18.5 Å². The van der Waals surface area contributed by atoms with Crippen molar-refractivity contribution in [3.8, 4) is 0 Å². The van der Waals surface area contributed by atoms with E-state index < -0.39 is 0 Å². The summed E-state index contributed by atoms with van der Waals surface area (Å²) in [5.41, 5.74) is 3.66. The Hall–Kier alpha value is -2.43. The molecular weight excluding hydrogens is 369 g/mol. The number of allylic oxidation sites excluding steroid dienone is 3. The predicted octanol–water partition coefficient (Wildman–Crippen LogP) is 5.11. The highest BCUT2D eigenvalue weighted by Gasteiger charge is 2.37. The van der Waals surface area contributed by atoms with Crippen molar-refractivity contribution in [1.29, 1.82) is 0 Å². The van der Waals surface area contributed by atoms with Crippen LogP contribution in [0.4, 0.5) is 5.69 Å². The maximum atomic E-state index is 13.1. The van der Waals surface area contributed by atoms with E-state index in [1.807, 2.05) is 18.2 Å². The van der Waals surface area contributed by atoms with Crippen LogP contribution in [-0.2, 0) is 11.3 Å². The van der Waals surface area contributed by atoms with Crippen molar-refractivity contribution >= 4 is 40.5 Å². The van der Waals surface area contributed by atoms with Crippen molar-refractivity contribution in [2.45, 2.75) is 19.4 Å². The molecule has 6 heteroatoms. The second-order valence-corrected chi connectivity index (χ2v) is 6.87. The van der Waals surface area contributed by atoms with Crippen LogP contribution in [0.15, 0.2) is 71.0 Å². The quantitative estimate of drug-likeness (QED) is 0.739. The fraction of sp³-hybridized carbons (Fsp3) is 0.150. The second kappa shape index (κ2) is 7.06. The molecule has 0 saturated carbocycles. The van der Waals surface area contributed by atoms with E-state index in [9.17, 15) is 4.79 Å². The second-order valence-electron chi connectivity index (χ2n) is 6.06. The standard InChI is InChI=1S/C20H15Cl2N3O/c21-16-9-8-13(11-17(16)22)24-19-15-6-1-2-7-18(15)25(20(19)26)12-14-5-3-4-10-23-14/h3-11H,1-2,12H2. The van der Waals surface area contributed by atoms with E-state index in [4.69, 9.17) is 23.2 Å². The molecule has 2 aromatic rings. The summed E-state index contributed by atoms with van der Waals surface area (Å²) in [5, 5.41) is 0.875. The molecule has 0 atom stereocenters. The molecule has 1 saturated heterocycles. The Morgan fingerprint density at radius 2 is 1.92 bits per heavy atom. The molecule has 2 heterocycles.